The van der Waals surface area contributed by atoms with E-state index in [-0.39, 0.29) is 11.3 Å². The number of alkyl halides is 1. The van der Waals surface area contributed by atoms with E-state index < -0.39 is 5.60 Å². The van der Waals surface area contributed by atoms with Gasteiger partial charge >= 0.3 is 0 Å². The summed E-state index contributed by atoms with van der Waals surface area (Å²) in [6.45, 7) is 2.91. The van der Waals surface area contributed by atoms with Crippen LogP contribution in [0.1, 0.15) is 64.7 Å². The highest BCUT2D eigenvalue weighted by molar-refractivity contribution is 9.09. The van der Waals surface area contributed by atoms with Gasteiger partial charge in [0.2, 0.25) is 0 Å². The van der Waals surface area contributed by atoms with Crippen LogP contribution >= 0.6 is 15.9 Å². The van der Waals surface area contributed by atoms with Crippen molar-refractivity contribution in [1.82, 2.24) is 0 Å². The molecule has 4 fully saturated rings. The van der Waals surface area contributed by atoms with E-state index >= 15 is 0 Å². The summed E-state index contributed by atoms with van der Waals surface area (Å²) in [5, 5.41) is 11.4. The molecule has 0 amide bonds. The Morgan fingerprint density at radius 3 is 2.58 bits per heavy atom. The number of ketones is 1. The van der Waals surface area contributed by atoms with Crippen LogP contribution in [0.4, 0.5) is 0 Å². The van der Waals surface area contributed by atoms with Gasteiger partial charge in [-0.1, -0.05) is 22.9 Å². The smallest absolute Gasteiger partial charge is 0.147 e. The number of hydrogen-bond donors (Lipinski definition) is 1. The van der Waals surface area contributed by atoms with Gasteiger partial charge in [-0.3, -0.25) is 4.79 Å². The van der Waals surface area contributed by atoms with Gasteiger partial charge < -0.3 is 9.84 Å². The highest BCUT2D eigenvalue weighted by Gasteiger charge is 2.58. The van der Waals surface area contributed by atoms with Crippen molar-refractivity contribution in [1.29, 1.82) is 0 Å². The number of halogens is 1. The maximum absolute atomic E-state index is 12.5. The van der Waals surface area contributed by atoms with E-state index in [0.29, 0.717) is 23.6 Å². The molecule has 4 saturated carbocycles. The molecule has 0 aliphatic heterocycles. The van der Waals surface area contributed by atoms with Crippen molar-refractivity contribution in [3.8, 4) is 0 Å². The Hall–Kier alpha value is 0.0700. The summed E-state index contributed by atoms with van der Waals surface area (Å²) in [5.41, 5.74) is -0.350. The normalized spacial score (nSPS) is 50.6. The highest BCUT2D eigenvalue weighted by Crippen LogP contribution is 2.64. The predicted molar refractivity (Wildman–Crippen MR) is 106 cm³/mol. The minimum absolute atomic E-state index is 0.240. The fraction of sp³-hybridized carbons (Fsp3) is 0.955. The summed E-state index contributed by atoms with van der Waals surface area (Å²) in [6.07, 6.45) is 10.5. The quantitative estimate of drug-likeness (QED) is 0.668. The van der Waals surface area contributed by atoms with Gasteiger partial charge in [-0.05, 0) is 92.8 Å². The molecule has 3 nitrogen and oxygen atoms in total. The topological polar surface area (TPSA) is 46.5 Å². The molecule has 2 unspecified atom stereocenters. The number of carbonyl (C=O) groups excluding carboxylic acids is 1. The van der Waals surface area contributed by atoms with Crippen LogP contribution in [-0.4, -0.2) is 35.5 Å². The Morgan fingerprint density at radius 1 is 1.08 bits per heavy atom. The molecule has 0 bridgehead atoms. The number of hydrogen-bond acceptors (Lipinski definition) is 3. The third kappa shape index (κ3) is 3.03. The minimum Gasteiger partial charge on any atom is -0.387 e. The summed E-state index contributed by atoms with van der Waals surface area (Å²) in [7, 11) is 1.70. The van der Waals surface area contributed by atoms with Crippen molar-refractivity contribution in [2.75, 3.05) is 19.0 Å². The second-order valence-electron chi connectivity index (χ2n) is 10.1. The molecule has 26 heavy (non-hydrogen) atoms. The van der Waals surface area contributed by atoms with Crippen LogP contribution in [0.5, 0.6) is 0 Å². The number of rotatable bonds is 4. The van der Waals surface area contributed by atoms with Crippen LogP contribution in [-0.2, 0) is 9.53 Å². The first-order valence-corrected chi connectivity index (χ1v) is 11.8. The lowest BCUT2D eigenvalue weighted by Crippen LogP contribution is -2.52. The van der Waals surface area contributed by atoms with Crippen molar-refractivity contribution in [2.45, 2.75) is 70.3 Å². The van der Waals surface area contributed by atoms with Crippen LogP contribution in [0.3, 0.4) is 0 Å². The molecule has 8 atom stereocenters. The van der Waals surface area contributed by atoms with Gasteiger partial charge in [0.15, 0.2) is 0 Å². The van der Waals surface area contributed by atoms with Gasteiger partial charge in [0.25, 0.3) is 0 Å². The summed E-state index contributed by atoms with van der Waals surface area (Å²) >= 11 is 3.42. The lowest BCUT2D eigenvalue weighted by molar-refractivity contribution is -0.134. The Kier molecular flexibility index (Phi) is 5.33. The van der Waals surface area contributed by atoms with Crippen molar-refractivity contribution in [3.05, 3.63) is 0 Å². The Labute approximate surface area is 166 Å². The zero-order chi connectivity index (χ0) is 18.5. The first-order valence-electron chi connectivity index (χ1n) is 10.7. The molecule has 0 spiro atoms. The summed E-state index contributed by atoms with van der Waals surface area (Å²) < 4.78 is 5.30. The zero-order valence-electron chi connectivity index (χ0n) is 16.4. The molecular weight excluding hydrogens is 392 g/mol. The van der Waals surface area contributed by atoms with Gasteiger partial charge in [-0.15, -0.1) is 0 Å². The van der Waals surface area contributed by atoms with Gasteiger partial charge in [-0.25, -0.2) is 0 Å². The Bertz CT molecular complexity index is 552. The van der Waals surface area contributed by atoms with Gasteiger partial charge in [0, 0.05) is 13.0 Å². The largest absolute Gasteiger partial charge is 0.387 e. The molecule has 0 saturated heterocycles. The third-order valence-electron chi connectivity index (χ3n) is 9.04. The number of aliphatic hydroxyl groups is 1. The van der Waals surface area contributed by atoms with E-state index in [0.717, 1.165) is 42.9 Å². The maximum Gasteiger partial charge on any atom is 0.147 e. The number of ether oxygens (including phenoxy) is 1. The number of methoxy groups -OCH3 is 1. The third-order valence-corrected chi connectivity index (χ3v) is 9.59. The average Bonchev–Trinajstić information content (AvgIpc) is 2.98. The monoisotopic (exact) mass is 426 g/mol. The van der Waals surface area contributed by atoms with Crippen molar-refractivity contribution in [2.24, 2.45) is 40.9 Å². The second kappa shape index (κ2) is 7.15. The first kappa shape index (κ1) is 19.4. The van der Waals surface area contributed by atoms with Gasteiger partial charge in [0.05, 0.1) is 17.5 Å². The fourth-order valence-electron chi connectivity index (χ4n) is 7.98. The van der Waals surface area contributed by atoms with E-state index in [2.05, 4.69) is 22.9 Å². The number of Topliss-reactive ketones (excluding diaryl/α,β-unsaturated/α-hetero) is 1. The summed E-state index contributed by atoms with van der Waals surface area (Å²) in [4.78, 5) is 12.5. The van der Waals surface area contributed by atoms with Crippen LogP contribution in [0.25, 0.3) is 0 Å². The molecule has 4 aliphatic rings. The Balaban J connectivity index is 1.50. The van der Waals surface area contributed by atoms with Gasteiger partial charge in [0.1, 0.15) is 5.78 Å². The first-order chi connectivity index (χ1) is 12.4. The maximum atomic E-state index is 12.5. The van der Waals surface area contributed by atoms with E-state index in [1.807, 2.05) is 0 Å². The second-order valence-corrected chi connectivity index (χ2v) is 10.7. The Morgan fingerprint density at radius 2 is 1.85 bits per heavy atom. The van der Waals surface area contributed by atoms with Crippen LogP contribution in [0.2, 0.25) is 0 Å². The number of fused-ring (bicyclic) bond motifs is 5. The highest BCUT2D eigenvalue weighted by atomic mass is 79.9. The lowest BCUT2D eigenvalue weighted by Gasteiger charge is -2.57. The molecule has 0 aromatic heterocycles. The molecule has 1 N–H and O–H groups in total. The molecule has 4 aliphatic carbocycles. The van der Waals surface area contributed by atoms with Crippen molar-refractivity contribution >= 4 is 21.7 Å². The molecule has 0 heterocycles. The SMILES string of the molecule is COC[C@@]1(O)CCC2C(CC[C@@H]3[C@@H]2CC[C@]2(C)[C@@H](C(=O)CBr)CC[C@@H]32)C1. The van der Waals surface area contributed by atoms with Crippen molar-refractivity contribution < 1.29 is 14.6 Å². The van der Waals surface area contributed by atoms with Crippen LogP contribution < -0.4 is 0 Å². The molecule has 148 valence electrons. The standard InChI is InChI=1S/C22H35BrO3/c1-21-9-7-16-15-8-10-22(25,13-26-2)11-14(15)3-4-17(16)18(21)5-6-19(21)20(24)12-23/h14-19,25H,3-13H2,1-2H3/t14?,15?,16-,17-,18+,19-,21+,22-/m1/s1. The van der Waals surface area contributed by atoms with E-state index in [9.17, 15) is 9.90 Å². The van der Waals surface area contributed by atoms with Gasteiger partial charge in [-0.2, -0.15) is 0 Å². The zero-order valence-corrected chi connectivity index (χ0v) is 18.0. The molecule has 0 aromatic rings. The molecule has 4 rings (SSSR count). The van der Waals surface area contributed by atoms with Crippen molar-refractivity contribution in [3.63, 3.8) is 0 Å². The van der Waals surface area contributed by atoms with E-state index in [1.54, 1.807) is 7.11 Å². The van der Waals surface area contributed by atoms with Crippen LogP contribution in [0, 0.1) is 40.9 Å². The molecular formula is C22H35BrO3. The summed E-state index contributed by atoms with van der Waals surface area (Å²) in [6, 6.07) is 0. The lowest BCUT2D eigenvalue weighted by atomic mass is 9.49. The number of carbonyl (C=O) groups is 1. The van der Waals surface area contributed by atoms with E-state index in [4.69, 9.17) is 4.74 Å². The average molecular weight is 427 g/mol. The molecule has 0 aromatic carbocycles. The molecule has 4 heteroatoms. The fourth-order valence-corrected chi connectivity index (χ4v) is 8.38. The summed E-state index contributed by atoms with van der Waals surface area (Å²) in [5.74, 6) is 4.58. The minimum atomic E-state index is -0.591. The predicted octanol–water partition coefficient (Wildman–Crippen LogP) is 4.60. The molecule has 0 radical (unpaired) electrons. The van der Waals surface area contributed by atoms with Crippen LogP contribution in [0.15, 0.2) is 0 Å². The van der Waals surface area contributed by atoms with E-state index in [1.165, 1.54) is 38.5 Å².